The number of furan rings is 1. The minimum Gasteiger partial charge on any atom is -0.464 e. The molecule has 0 radical (unpaired) electrons. The van der Waals surface area contributed by atoms with Crippen molar-refractivity contribution in [2.24, 2.45) is 11.7 Å². The molecule has 0 bridgehead atoms. The molecule has 1 aliphatic rings. The largest absolute Gasteiger partial charge is 0.464 e. The lowest BCUT2D eigenvalue weighted by molar-refractivity contribution is 0.348. The van der Waals surface area contributed by atoms with Gasteiger partial charge in [-0.1, -0.05) is 6.92 Å². The zero-order valence-electron chi connectivity index (χ0n) is 10.7. The number of aromatic nitrogens is 1. The molecule has 1 aliphatic heterocycles. The number of piperidine rings is 1. The Morgan fingerprint density at radius 1 is 1.50 bits per heavy atom. The van der Waals surface area contributed by atoms with Gasteiger partial charge in [-0.3, -0.25) is 0 Å². The summed E-state index contributed by atoms with van der Waals surface area (Å²) in [6, 6.07) is 4.28. The van der Waals surface area contributed by atoms with E-state index in [0.717, 1.165) is 23.3 Å². The summed E-state index contributed by atoms with van der Waals surface area (Å²) in [4.78, 5) is 6.90. The summed E-state index contributed by atoms with van der Waals surface area (Å²) < 4.78 is 5.45. The maximum Gasteiger partial charge on any atom is 0.140 e. The van der Waals surface area contributed by atoms with Gasteiger partial charge in [0.15, 0.2) is 0 Å². The molecular weight excluding hydrogens is 226 g/mol. The molecule has 0 aromatic carbocycles. The standard InChI is InChI=1S/C14H19N3O/c1-10-3-2-7-17(12(10)9-15)14-11-5-8-18-13(11)4-6-16-14/h4-6,8,10,12H,2-3,7,9,15H2,1H3. The average molecular weight is 245 g/mol. The van der Waals surface area contributed by atoms with Crippen molar-refractivity contribution in [1.29, 1.82) is 0 Å². The first-order chi connectivity index (χ1) is 8.81. The van der Waals surface area contributed by atoms with Gasteiger partial charge in [-0.2, -0.15) is 0 Å². The molecule has 3 rings (SSSR count). The van der Waals surface area contributed by atoms with E-state index in [1.165, 1.54) is 12.8 Å². The molecule has 4 heteroatoms. The van der Waals surface area contributed by atoms with Gasteiger partial charge < -0.3 is 15.1 Å². The normalized spacial score (nSPS) is 24.7. The Labute approximate surface area is 107 Å². The zero-order valence-corrected chi connectivity index (χ0v) is 10.7. The van der Waals surface area contributed by atoms with E-state index >= 15 is 0 Å². The Morgan fingerprint density at radius 3 is 3.22 bits per heavy atom. The second-order valence-electron chi connectivity index (χ2n) is 5.08. The highest BCUT2D eigenvalue weighted by Crippen LogP contribution is 2.32. The van der Waals surface area contributed by atoms with Crippen LogP contribution in [0.15, 0.2) is 29.0 Å². The molecule has 0 saturated carbocycles. The lowest BCUT2D eigenvalue weighted by atomic mass is 9.90. The Balaban J connectivity index is 2.04. The van der Waals surface area contributed by atoms with Crippen LogP contribution in [0.25, 0.3) is 11.0 Å². The Hall–Kier alpha value is -1.55. The summed E-state index contributed by atoms with van der Waals surface area (Å²) in [7, 11) is 0. The third kappa shape index (κ3) is 1.77. The fraction of sp³-hybridized carbons (Fsp3) is 0.500. The van der Waals surface area contributed by atoms with E-state index in [1.807, 2.05) is 18.3 Å². The van der Waals surface area contributed by atoms with Crippen molar-refractivity contribution < 1.29 is 4.42 Å². The quantitative estimate of drug-likeness (QED) is 0.882. The fourth-order valence-electron chi connectivity index (χ4n) is 2.98. The van der Waals surface area contributed by atoms with Crippen LogP contribution in [0, 0.1) is 5.92 Å². The van der Waals surface area contributed by atoms with Gasteiger partial charge in [0.05, 0.1) is 11.6 Å². The van der Waals surface area contributed by atoms with Crippen LogP contribution in [0.5, 0.6) is 0 Å². The Morgan fingerprint density at radius 2 is 2.39 bits per heavy atom. The topological polar surface area (TPSA) is 55.3 Å². The fourth-order valence-corrected chi connectivity index (χ4v) is 2.98. The van der Waals surface area contributed by atoms with E-state index in [-0.39, 0.29) is 0 Å². The van der Waals surface area contributed by atoms with E-state index in [2.05, 4.69) is 16.8 Å². The van der Waals surface area contributed by atoms with Crippen molar-refractivity contribution in [2.75, 3.05) is 18.0 Å². The Kier molecular flexibility index (Phi) is 2.96. The highest BCUT2D eigenvalue weighted by molar-refractivity contribution is 5.88. The smallest absolute Gasteiger partial charge is 0.140 e. The average Bonchev–Trinajstić information content (AvgIpc) is 2.86. The van der Waals surface area contributed by atoms with Crippen molar-refractivity contribution in [3.8, 4) is 0 Å². The number of pyridine rings is 1. The predicted molar refractivity (Wildman–Crippen MR) is 72.6 cm³/mol. The monoisotopic (exact) mass is 245 g/mol. The third-order valence-electron chi connectivity index (χ3n) is 3.99. The second-order valence-corrected chi connectivity index (χ2v) is 5.08. The zero-order chi connectivity index (χ0) is 12.5. The van der Waals surface area contributed by atoms with Crippen LogP contribution >= 0.6 is 0 Å². The summed E-state index contributed by atoms with van der Waals surface area (Å²) in [5, 5.41) is 1.09. The highest BCUT2D eigenvalue weighted by Gasteiger charge is 2.29. The van der Waals surface area contributed by atoms with Crippen LogP contribution in [0.3, 0.4) is 0 Å². The molecule has 3 heterocycles. The number of anilines is 1. The third-order valence-corrected chi connectivity index (χ3v) is 3.99. The van der Waals surface area contributed by atoms with Gasteiger partial charge in [0.2, 0.25) is 0 Å². The van der Waals surface area contributed by atoms with Crippen LogP contribution in [0.4, 0.5) is 5.82 Å². The summed E-state index contributed by atoms with van der Waals surface area (Å²) in [5.74, 6) is 1.64. The molecule has 0 amide bonds. The molecule has 96 valence electrons. The number of nitrogens with two attached hydrogens (primary N) is 1. The molecule has 4 nitrogen and oxygen atoms in total. The molecule has 0 aliphatic carbocycles. The maximum absolute atomic E-state index is 5.95. The van der Waals surface area contributed by atoms with Crippen molar-refractivity contribution in [1.82, 2.24) is 4.98 Å². The van der Waals surface area contributed by atoms with Crippen molar-refractivity contribution in [2.45, 2.75) is 25.8 Å². The first-order valence-electron chi connectivity index (χ1n) is 6.60. The van der Waals surface area contributed by atoms with Gasteiger partial charge in [-0.15, -0.1) is 0 Å². The molecule has 2 N–H and O–H groups in total. The van der Waals surface area contributed by atoms with E-state index in [1.54, 1.807) is 6.26 Å². The first kappa shape index (κ1) is 11.5. The molecular formula is C14H19N3O. The van der Waals surface area contributed by atoms with Crippen LogP contribution in [-0.4, -0.2) is 24.1 Å². The van der Waals surface area contributed by atoms with Crippen LogP contribution in [0.2, 0.25) is 0 Å². The summed E-state index contributed by atoms with van der Waals surface area (Å²) in [5.41, 5.74) is 6.85. The van der Waals surface area contributed by atoms with Gasteiger partial charge >= 0.3 is 0 Å². The first-order valence-corrected chi connectivity index (χ1v) is 6.60. The van der Waals surface area contributed by atoms with Gasteiger partial charge in [0.25, 0.3) is 0 Å². The lowest BCUT2D eigenvalue weighted by Gasteiger charge is -2.40. The highest BCUT2D eigenvalue weighted by atomic mass is 16.3. The molecule has 2 atom stereocenters. The van der Waals surface area contributed by atoms with Crippen molar-refractivity contribution >= 4 is 16.8 Å². The van der Waals surface area contributed by atoms with Gasteiger partial charge in [0.1, 0.15) is 11.4 Å². The molecule has 2 aromatic heterocycles. The molecule has 2 unspecified atom stereocenters. The lowest BCUT2D eigenvalue weighted by Crippen LogP contribution is -2.49. The van der Waals surface area contributed by atoms with E-state index in [9.17, 15) is 0 Å². The number of nitrogens with zero attached hydrogens (tertiary/aromatic N) is 2. The summed E-state index contributed by atoms with van der Waals surface area (Å²) in [6.45, 7) is 3.99. The number of rotatable bonds is 2. The van der Waals surface area contributed by atoms with E-state index < -0.39 is 0 Å². The predicted octanol–water partition coefficient (Wildman–Crippen LogP) is 2.39. The van der Waals surface area contributed by atoms with Gasteiger partial charge in [-0.25, -0.2) is 4.98 Å². The summed E-state index contributed by atoms with van der Waals surface area (Å²) >= 11 is 0. The van der Waals surface area contributed by atoms with Gasteiger partial charge in [0, 0.05) is 25.3 Å². The van der Waals surface area contributed by atoms with Crippen molar-refractivity contribution in [3.63, 3.8) is 0 Å². The second kappa shape index (κ2) is 4.61. The molecule has 0 spiro atoms. The van der Waals surface area contributed by atoms with E-state index in [0.29, 0.717) is 18.5 Å². The molecule has 1 saturated heterocycles. The van der Waals surface area contributed by atoms with Crippen LogP contribution in [0.1, 0.15) is 19.8 Å². The SMILES string of the molecule is CC1CCCN(c2nccc3occc23)C1CN. The van der Waals surface area contributed by atoms with Crippen LogP contribution < -0.4 is 10.6 Å². The molecule has 1 fully saturated rings. The number of hydrogen-bond acceptors (Lipinski definition) is 4. The van der Waals surface area contributed by atoms with Crippen molar-refractivity contribution in [3.05, 3.63) is 24.6 Å². The number of hydrogen-bond donors (Lipinski definition) is 1. The number of fused-ring (bicyclic) bond motifs is 1. The van der Waals surface area contributed by atoms with Gasteiger partial charge in [-0.05, 0) is 30.9 Å². The molecule has 18 heavy (non-hydrogen) atoms. The Bertz CT molecular complexity index is 537. The summed E-state index contributed by atoms with van der Waals surface area (Å²) in [6.07, 6.45) is 5.99. The van der Waals surface area contributed by atoms with Crippen LogP contribution in [-0.2, 0) is 0 Å². The maximum atomic E-state index is 5.95. The molecule has 2 aromatic rings. The minimum atomic E-state index is 0.381. The van der Waals surface area contributed by atoms with E-state index in [4.69, 9.17) is 10.2 Å². The minimum absolute atomic E-state index is 0.381.